The maximum Gasteiger partial charge on any atom is 0.200 e. The molecular weight excluding hydrogens is 712 g/mol. The second kappa shape index (κ2) is 17.2. The van der Waals surface area contributed by atoms with Crippen molar-refractivity contribution in [1.29, 1.82) is 0 Å². The van der Waals surface area contributed by atoms with Crippen molar-refractivity contribution in [3.63, 3.8) is 0 Å². The molecule has 0 unspecified atom stereocenters. The molecule has 0 aliphatic carbocycles. The Morgan fingerprint density at radius 2 is 0.821 bits per heavy atom. The van der Waals surface area contributed by atoms with E-state index in [9.17, 15) is 51.1 Å². The highest BCUT2D eigenvalue weighted by molar-refractivity contribution is 5.52. The molecule has 0 saturated heterocycles. The number of phenolic OH excluding ortho intramolecular Hbond substituents is 10. The van der Waals surface area contributed by atoms with Gasteiger partial charge in [-0.1, -0.05) is 48.5 Å². The van der Waals surface area contributed by atoms with Crippen LogP contribution in [0.15, 0.2) is 109 Å². The van der Waals surface area contributed by atoms with E-state index in [1.807, 2.05) is 42.5 Å². The van der Waals surface area contributed by atoms with Gasteiger partial charge in [-0.25, -0.2) is 0 Å². The van der Waals surface area contributed by atoms with Gasteiger partial charge in [0, 0.05) is 0 Å². The van der Waals surface area contributed by atoms with Crippen LogP contribution in [-0.2, 0) is 44.9 Å². The lowest BCUT2D eigenvalue weighted by Crippen LogP contribution is -2.19. The van der Waals surface area contributed by atoms with E-state index in [2.05, 4.69) is 0 Å². The second-order valence-corrected chi connectivity index (χ2v) is 14.5. The minimum atomic E-state index is -0.580. The van der Waals surface area contributed by atoms with Crippen LogP contribution >= 0.6 is 0 Å². The minimum absolute atomic E-state index is 0.0379. The predicted octanol–water partition coefficient (Wildman–Crippen LogP) is 8.13. The minimum Gasteiger partial charge on any atom is -0.508 e. The van der Waals surface area contributed by atoms with Gasteiger partial charge in [0.15, 0.2) is 34.5 Å². The van der Waals surface area contributed by atoms with Gasteiger partial charge in [0.25, 0.3) is 0 Å². The average Bonchev–Trinajstić information content (AvgIpc) is 3.16. The van der Waals surface area contributed by atoms with Gasteiger partial charge in [0.05, 0.1) is 0 Å². The third-order valence-electron chi connectivity index (χ3n) is 10.5. The van der Waals surface area contributed by atoms with E-state index in [0.717, 1.165) is 22.3 Å². The molecule has 6 rings (SSSR count). The third kappa shape index (κ3) is 9.70. The number of aromatic hydroxyl groups is 10. The van der Waals surface area contributed by atoms with Crippen LogP contribution < -0.4 is 0 Å². The van der Waals surface area contributed by atoms with Gasteiger partial charge in [0.1, 0.15) is 23.0 Å². The zero-order chi connectivity index (χ0) is 39.9. The van der Waals surface area contributed by atoms with Crippen molar-refractivity contribution in [3.05, 3.63) is 154 Å². The molecule has 2 atom stereocenters. The van der Waals surface area contributed by atoms with Crippen LogP contribution in [-0.4, -0.2) is 51.1 Å². The number of aryl methyl sites for hydroxylation is 5. The summed E-state index contributed by atoms with van der Waals surface area (Å²) in [5.74, 6) is -2.52. The highest BCUT2D eigenvalue weighted by Gasteiger charge is 2.26. The van der Waals surface area contributed by atoms with E-state index in [-0.39, 0.29) is 34.8 Å². The molecule has 290 valence electrons. The molecule has 0 amide bonds. The topological polar surface area (TPSA) is 202 Å². The quantitative estimate of drug-likeness (QED) is 0.0456. The first kappa shape index (κ1) is 39.0. The Hall–Kier alpha value is -6.68. The summed E-state index contributed by atoms with van der Waals surface area (Å²) in [6.45, 7) is 0. The summed E-state index contributed by atoms with van der Waals surface area (Å²) >= 11 is 0. The van der Waals surface area contributed by atoms with Crippen LogP contribution in [0.4, 0.5) is 0 Å². The molecule has 0 heterocycles. The van der Waals surface area contributed by atoms with E-state index in [4.69, 9.17) is 0 Å². The van der Waals surface area contributed by atoms with Gasteiger partial charge in [0.2, 0.25) is 0 Å². The highest BCUT2D eigenvalue weighted by Crippen LogP contribution is 2.40. The number of hydrogen-bond donors (Lipinski definition) is 10. The Bertz CT molecular complexity index is 2270. The van der Waals surface area contributed by atoms with Gasteiger partial charge >= 0.3 is 0 Å². The number of rotatable bonds is 15. The number of benzene rings is 6. The summed E-state index contributed by atoms with van der Waals surface area (Å²) in [7, 11) is 0. The molecule has 0 aliphatic heterocycles. The van der Waals surface area contributed by atoms with Gasteiger partial charge in [-0.05, 0) is 168 Å². The van der Waals surface area contributed by atoms with E-state index < -0.39 is 34.5 Å². The summed E-state index contributed by atoms with van der Waals surface area (Å²) in [4.78, 5) is 0. The fourth-order valence-electron chi connectivity index (χ4n) is 7.44. The van der Waals surface area contributed by atoms with Crippen LogP contribution in [0.5, 0.6) is 57.5 Å². The molecular formula is C46H46O10. The summed E-state index contributed by atoms with van der Waals surface area (Å²) in [5, 5.41) is 102. The Morgan fingerprint density at radius 3 is 1.30 bits per heavy atom. The van der Waals surface area contributed by atoms with Gasteiger partial charge in [-0.3, -0.25) is 0 Å². The standard InChI is InChI=1S/C46H46O10/c47-36-5-1-3-27(18-36)7-16-35(17-28-8-12-32(39(49)20-28)14-10-30-22-41(51)45(55)42(52)23-30)38(34-4-2-6-37(48)26-34)19-29-9-13-33(40(50)21-29)15-11-31-24-43(53)46(56)44(54)25-31/h1-6,8-9,12-13,18,20-26,35,38,47-56H,7,10-11,14-17,19H2/t35-,38+/m1/s1. The van der Waals surface area contributed by atoms with Crippen molar-refractivity contribution < 1.29 is 51.1 Å². The van der Waals surface area contributed by atoms with E-state index in [0.29, 0.717) is 73.6 Å². The molecule has 0 aromatic heterocycles. The van der Waals surface area contributed by atoms with Crippen LogP contribution in [0.1, 0.15) is 56.8 Å². The van der Waals surface area contributed by atoms with Crippen molar-refractivity contribution in [2.45, 2.75) is 57.3 Å². The normalized spacial score (nSPS) is 12.4. The number of phenols is 10. The van der Waals surface area contributed by atoms with Crippen molar-refractivity contribution in [2.75, 3.05) is 0 Å². The molecule has 10 nitrogen and oxygen atoms in total. The van der Waals surface area contributed by atoms with Crippen LogP contribution in [0.25, 0.3) is 0 Å². The van der Waals surface area contributed by atoms with E-state index >= 15 is 0 Å². The van der Waals surface area contributed by atoms with E-state index in [1.54, 1.807) is 42.5 Å². The van der Waals surface area contributed by atoms with Crippen molar-refractivity contribution in [3.8, 4) is 57.5 Å². The molecule has 10 N–H and O–H groups in total. The van der Waals surface area contributed by atoms with Crippen molar-refractivity contribution in [2.24, 2.45) is 5.92 Å². The second-order valence-electron chi connectivity index (χ2n) is 14.5. The Labute approximate surface area is 324 Å². The fraction of sp³-hybridized carbons (Fsp3) is 0.217. The first-order chi connectivity index (χ1) is 26.8. The molecule has 56 heavy (non-hydrogen) atoms. The molecule has 0 aliphatic rings. The van der Waals surface area contributed by atoms with Crippen molar-refractivity contribution in [1.82, 2.24) is 0 Å². The maximum atomic E-state index is 11.2. The monoisotopic (exact) mass is 758 g/mol. The molecule has 6 aromatic rings. The molecule has 10 heteroatoms. The molecule has 0 spiro atoms. The van der Waals surface area contributed by atoms with Crippen molar-refractivity contribution >= 4 is 0 Å². The molecule has 0 saturated carbocycles. The Morgan fingerprint density at radius 1 is 0.357 bits per heavy atom. The van der Waals surface area contributed by atoms with E-state index in [1.165, 1.54) is 24.3 Å². The Balaban J connectivity index is 1.26. The zero-order valence-corrected chi connectivity index (χ0v) is 30.7. The first-order valence-electron chi connectivity index (χ1n) is 18.5. The fourth-order valence-corrected chi connectivity index (χ4v) is 7.44. The summed E-state index contributed by atoms with van der Waals surface area (Å²) in [6.07, 6.45) is 4.04. The highest BCUT2D eigenvalue weighted by atomic mass is 16.3. The molecule has 6 aromatic carbocycles. The van der Waals surface area contributed by atoms with Gasteiger partial charge in [-0.15, -0.1) is 0 Å². The third-order valence-corrected chi connectivity index (χ3v) is 10.5. The summed E-state index contributed by atoms with van der Waals surface area (Å²) in [6, 6.07) is 30.9. The predicted molar refractivity (Wildman–Crippen MR) is 212 cm³/mol. The maximum absolute atomic E-state index is 11.2. The molecule has 0 fully saturated rings. The SMILES string of the molecule is Oc1cccc(CC[C@H](Cc2ccc(CCc3cc(O)c(O)c(O)c3)c(O)c2)[C@@H](Cc2ccc(CCc3cc(O)c(O)c(O)c3)c(O)c2)c2cccc(O)c2)c1. The first-order valence-corrected chi connectivity index (χ1v) is 18.5. The Kier molecular flexibility index (Phi) is 12.0. The smallest absolute Gasteiger partial charge is 0.200 e. The van der Waals surface area contributed by atoms with Crippen LogP contribution in [0.3, 0.4) is 0 Å². The van der Waals surface area contributed by atoms with Crippen LogP contribution in [0.2, 0.25) is 0 Å². The lowest BCUT2D eigenvalue weighted by Gasteiger charge is -2.29. The largest absolute Gasteiger partial charge is 0.508 e. The summed E-state index contributed by atoms with van der Waals surface area (Å²) in [5.41, 5.74) is 6.17. The van der Waals surface area contributed by atoms with Gasteiger partial charge < -0.3 is 51.1 Å². The summed E-state index contributed by atoms with van der Waals surface area (Å²) < 4.78 is 0. The lowest BCUT2D eigenvalue weighted by molar-refractivity contribution is 0.367. The number of hydrogen-bond acceptors (Lipinski definition) is 10. The lowest BCUT2D eigenvalue weighted by atomic mass is 9.75. The molecule has 0 bridgehead atoms. The average molecular weight is 759 g/mol. The molecule has 0 radical (unpaired) electrons. The zero-order valence-electron chi connectivity index (χ0n) is 30.7. The van der Waals surface area contributed by atoms with Crippen LogP contribution in [0, 0.1) is 5.92 Å². The van der Waals surface area contributed by atoms with Gasteiger partial charge in [-0.2, -0.15) is 0 Å².